The van der Waals surface area contributed by atoms with E-state index in [4.69, 9.17) is 4.89 Å². The topological polar surface area (TPSA) is 54.4 Å². The van der Waals surface area contributed by atoms with E-state index >= 15 is 0 Å². The van der Waals surface area contributed by atoms with Crippen molar-refractivity contribution in [2.45, 2.75) is 32.3 Å². The molecule has 0 aliphatic carbocycles. The molecule has 0 fully saturated rings. The highest BCUT2D eigenvalue weighted by atomic mass is 31.1. The van der Waals surface area contributed by atoms with Gasteiger partial charge in [0.1, 0.15) is 5.78 Å². The van der Waals surface area contributed by atoms with Crippen molar-refractivity contribution in [1.82, 2.24) is 0 Å². The van der Waals surface area contributed by atoms with Crippen LogP contribution in [-0.4, -0.2) is 15.8 Å². The van der Waals surface area contributed by atoms with E-state index in [1.807, 2.05) is 0 Å². The Morgan fingerprint density at radius 1 is 1.60 bits per heavy atom. The van der Waals surface area contributed by atoms with Gasteiger partial charge in [0, 0.05) is 0 Å². The minimum atomic E-state index is -2.25. The fraction of sp³-hybridized carbons (Fsp3) is 0.833. The number of hydrogen-bond donors (Lipinski definition) is 1. The lowest BCUT2D eigenvalue weighted by Crippen LogP contribution is -2.17. The van der Waals surface area contributed by atoms with E-state index in [-0.39, 0.29) is 12.2 Å². The molecule has 0 radical (unpaired) electrons. The van der Waals surface area contributed by atoms with E-state index in [0.717, 1.165) is 0 Å². The second-order valence-corrected chi connectivity index (χ2v) is 4.72. The van der Waals surface area contributed by atoms with Crippen LogP contribution in [0.25, 0.3) is 0 Å². The third-order valence-electron chi connectivity index (χ3n) is 1.20. The van der Waals surface area contributed by atoms with Crippen LogP contribution in [-0.2, 0) is 9.36 Å². The summed E-state index contributed by atoms with van der Waals surface area (Å²) in [5, 5.41) is -0.763. The zero-order valence-electron chi connectivity index (χ0n) is 6.42. The molecule has 3 nitrogen and oxygen atoms in total. The normalized spacial score (nSPS) is 13.0. The van der Waals surface area contributed by atoms with Crippen molar-refractivity contribution < 1.29 is 14.3 Å². The Morgan fingerprint density at radius 3 is 2.10 bits per heavy atom. The molecule has 58 valence electrons. The molecule has 1 N–H and O–H groups in total. The van der Waals surface area contributed by atoms with Crippen molar-refractivity contribution in [3.8, 4) is 0 Å². The maximum Gasteiger partial charge on any atom is 0.511 e. The third-order valence-corrected chi connectivity index (χ3v) is 2.39. The van der Waals surface area contributed by atoms with Gasteiger partial charge in [-0.05, 0) is 25.3 Å². The zero-order valence-corrected chi connectivity index (χ0v) is 7.31. The van der Waals surface area contributed by atoms with Crippen LogP contribution in [0.4, 0.5) is 0 Å². The van der Waals surface area contributed by atoms with Crippen molar-refractivity contribution in [2.75, 3.05) is 0 Å². The number of ketones is 1. The average molecular weight is 163 g/mol. The number of carbonyl (C=O) groups is 1. The summed E-state index contributed by atoms with van der Waals surface area (Å²) in [6.07, 6.45) is 0.165. The Morgan fingerprint density at radius 2 is 2.00 bits per heavy atom. The molecule has 0 amide bonds. The third kappa shape index (κ3) is 3.04. The standard InChI is InChI=1S/C6H11O3P/c1-5(7)4-6(2,3)10(8)9/h4H2,1-3H3/p+1. The molecular formula is C6H12O3P+. The van der Waals surface area contributed by atoms with E-state index in [2.05, 4.69) is 0 Å². The van der Waals surface area contributed by atoms with Crippen LogP contribution in [0.2, 0.25) is 0 Å². The second-order valence-electron chi connectivity index (χ2n) is 2.96. The minimum absolute atomic E-state index is 0.0533. The SMILES string of the molecule is CC(=O)CC(C)(C)[P+](=O)O. The summed E-state index contributed by atoms with van der Waals surface area (Å²) in [5.74, 6) is -0.0533. The van der Waals surface area contributed by atoms with E-state index < -0.39 is 13.2 Å². The highest BCUT2D eigenvalue weighted by Crippen LogP contribution is 2.37. The lowest BCUT2D eigenvalue weighted by molar-refractivity contribution is -0.117. The molecule has 0 saturated carbocycles. The predicted molar refractivity (Wildman–Crippen MR) is 39.2 cm³/mol. The van der Waals surface area contributed by atoms with Crippen molar-refractivity contribution in [1.29, 1.82) is 0 Å². The first-order valence-electron chi connectivity index (χ1n) is 3.02. The van der Waals surface area contributed by atoms with Gasteiger partial charge in [-0.1, -0.05) is 0 Å². The van der Waals surface area contributed by atoms with Crippen LogP contribution < -0.4 is 0 Å². The van der Waals surface area contributed by atoms with Crippen molar-refractivity contribution >= 4 is 13.8 Å². The van der Waals surface area contributed by atoms with Crippen molar-refractivity contribution in [3.63, 3.8) is 0 Å². The lowest BCUT2D eigenvalue weighted by Gasteiger charge is -2.05. The molecule has 0 spiro atoms. The predicted octanol–water partition coefficient (Wildman–Crippen LogP) is 1.48. The van der Waals surface area contributed by atoms with Crippen LogP contribution in [0, 0.1) is 0 Å². The molecule has 0 aliphatic heterocycles. The summed E-state index contributed by atoms with van der Waals surface area (Å²) in [6.45, 7) is 4.63. The van der Waals surface area contributed by atoms with E-state index in [9.17, 15) is 9.36 Å². The highest BCUT2D eigenvalue weighted by molar-refractivity contribution is 7.40. The molecule has 0 bridgehead atoms. The van der Waals surface area contributed by atoms with Crippen LogP contribution in [0.5, 0.6) is 0 Å². The first-order chi connectivity index (χ1) is 4.36. The number of hydrogen-bond acceptors (Lipinski definition) is 2. The van der Waals surface area contributed by atoms with Crippen LogP contribution >= 0.6 is 8.03 Å². The quantitative estimate of drug-likeness (QED) is 0.641. The minimum Gasteiger partial charge on any atom is -0.300 e. The summed E-state index contributed by atoms with van der Waals surface area (Å²) in [7, 11) is -2.25. The second kappa shape index (κ2) is 3.22. The molecule has 4 heteroatoms. The summed E-state index contributed by atoms with van der Waals surface area (Å²) >= 11 is 0. The van der Waals surface area contributed by atoms with E-state index in [1.165, 1.54) is 6.92 Å². The fourth-order valence-corrected chi connectivity index (χ4v) is 1.03. The molecule has 10 heavy (non-hydrogen) atoms. The van der Waals surface area contributed by atoms with E-state index in [1.54, 1.807) is 13.8 Å². The molecular weight excluding hydrogens is 151 g/mol. The molecule has 0 aliphatic rings. The maximum absolute atomic E-state index is 10.6. The highest BCUT2D eigenvalue weighted by Gasteiger charge is 2.39. The molecule has 0 aromatic rings. The largest absolute Gasteiger partial charge is 0.511 e. The zero-order chi connectivity index (χ0) is 8.36. The molecule has 1 unspecified atom stereocenters. The van der Waals surface area contributed by atoms with Gasteiger partial charge in [0.25, 0.3) is 0 Å². The van der Waals surface area contributed by atoms with Gasteiger partial charge in [0.05, 0.1) is 6.42 Å². The summed E-state index contributed by atoms with van der Waals surface area (Å²) in [5.41, 5.74) is 0. The number of rotatable bonds is 3. The van der Waals surface area contributed by atoms with Crippen LogP contribution in [0.15, 0.2) is 0 Å². The molecule has 0 aromatic carbocycles. The Labute approximate surface area is 61.3 Å². The molecule has 0 heterocycles. The summed E-state index contributed by atoms with van der Waals surface area (Å²) in [4.78, 5) is 19.2. The van der Waals surface area contributed by atoms with Crippen molar-refractivity contribution in [3.05, 3.63) is 0 Å². The lowest BCUT2D eigenvalue weighted by atomic mass is 10.1. The Hall–Kier alpha value is -0.270. The Kier molecular flexibility index (Phi) is 3.13. The maximum atomic E-state index is 10.6. The first kappa shape index (κ1) is 9.73. The number of Topliss-reactive ketones (excluding diaryl/α,β-unsaturated/α-hetero) is 1. The molecule has 1 atom stereocenters. The van der Waals surface area contributed by atoms with Gasteiger partial charge in [-0.15, -0.1) is 0 Å². The number of carbonyl (C=O) groups excluding carboxylic acids is 1. The van der Waals surface area contributed by atoms with Gasteiger partial charge in [-0.2, -0.15) is 4.89 Å². The van der Waals surface area contributed by atoms with Gasteiger partial charge in [0.2, 0.25) is 0 Å². The fourth-order valence-electron chi connectivity index (χ4n) is 0.677. The van der Waals surface area contributed by atoms with E-state index in [0.29, 0.717) is 0 Å². The molecule has 0 rings (SSSR count). The van der Waals surface area contributed by atoms with Crippen LogP contribution in [0.3, 0.4) is 0 Å². The van der Waals surface area contributed by atoms with Gasteiger partial charge in [-0.3, -0.25) is 4.79 Å². The first-order valence-corrected chi connectivity index (χ1v) is 4.23. The monoisotopic (exact) mass is 163 g/mol. The Bertz CT molecular complexity index is 162. The van der Waals surface area contributed by atoms with Crippen LogP contribution in [0.1, 0.15) is 27.2 Å². The summed E-state index contributed by atoms with van der Waals surface area (Å²) in [6, 6.07) is 0. The average Bonchev–Trinajstić information content (AvgIpc) is 1.60. The van der Waals surface area contributed by atoms with Crippen molar-refractivity contribution in [2.24, 2.45) is 0 Å². The van der Waals surface area contributed by atoms with Gasteiger partial charge >= 0.3 is 8.03 Å². The molecule has 0 saturated heterocycles. The van der Waals surface area contributed by atoms with Gasteiger partial charge in [-0.25, -0.2) is 0 Å². The van der Waals surface area contributed by atoms with Gasteiger partial charge < -0.3 is 0 Å². The summed E-state index contributed by atoms with van der Waals surface area (Å²) < 4.78 is 10.6. The molecule has 0 aromatic heterocycles. The smallest absolute Gasteiger partial charge is 0.300 e. The van der Waals surface area contributed by atoms with Gasteiger partial charge in [0.15, 0.2) is 5.16 Å². The Balaban J connectivity index is 4.13.